The Bertz CT molecular complexity index is 310. The lowest BCUT2D eigenvalue weighted by Gasteiger charge is -2.09. The lowest BCUT2D eigenvalue weighted by Crippen LogP contribution is -2.12. The molecule has 0 aliphatic carbocycles. The molecule has 0 amide bonds. The number of pyridine rings is 1. The van der Waals surface area contributed by atoms with Crippen molar-refractivity contribution in [3.63, 3.8) is 0 Å². The van der Waals surface area contributed by atoms with Crippen molar-refractivity contribution in [2.24, 2.45) is 0 Å². The number of rotatable bonds is 4. The van der Waals surface area contributed by atoms with Crippen LogP contribution in [0.15, 0.2) is 18.3 Å². The van der Waals surface area contributed by atoms with Crippen LogP contribution in [0.1, 0.15) is 31.4 Å². The first-order valence-electron chi connectivity index (χ1n) is 4.49. The van der Waals surface area contributed by atoms with Gasteiger partial charge in [-0.1, -0.05) is 13.3 Å². The van der Waals surface area contributed by atoms with E-state index in [4.69, 9.17) is 5.11 Å². The summed E-state index contributed by atoms with van der Waals surface area (Å²) >= 11 is 0. The summed E-state index contributed by atoms with van der Waals surface area (Å²) < 4.78 is 12.5. The standard InChI is InChI=1S/C10H12FNO2/c1-2-3-8(10(13)14)9-5-4-7(11)6-12-9/h4-6,8H,2-3H2,1H3,(H,13,14). The monoisotopic (exact) mass is 197 g/mol. The second-order valence-electron chi connectivity index (χ2n) is 3.08. The summed E-state index contributed by atoms with van der Waals surface area (Å²) in [5.41, 5.74) is 0.417. The zero-order valence-electron chi connectivity index (χ0n) is 7.90. The molecule has 1 N–H and O–H groups in total. The molecular weight excluding hydrogens is 185 g/mol. The van der Waals surface area contributed by atoms with Crippen LogP contribution in [0.4, 0.5) is 4.39 Å². The maximum Gasteiger partial charge on any atom is 0.312 e. The van der Waals surface area contributed by atoms with Gasteiger partial charge < -0.3 is 5.11 Å². The van der Waals surface area contributed by atoms with E-state index in [2.05, 4.69) is 4.98 Å². The van der Waals surface area contributed by atoms with Gasteiger partial charge in [0.15, 0.2) is 0 Å². The van der Waals surface area contributed by atoms with Crippen molar-refractivity contribution < 1.29 is 14.3 Å². The topological polar surface area (TPSA) is 50.2 Å². The fourth-order valence-corrected chi connectivity index (χ4v) is 1.28. The van der Waals surface area contributed by atoms with Crippen LogP contribution in [0.25, 0.3) is 0 Å². The van der Waals surface area contributed by atoms with Crippen molar-refractivity contribution in [3.8, 4) is 0 Å². The Hall–Kier alpha value is -1.45. The first-order chi connectivity index (χ1) is 6.65. The van der Waals surface area contributed by atoms with Gasteiger partial charge in [0.2, 0.25) is 0 Å². The van der Waals surface area contributed by atoms with Crippen molar-refractivity contribution >= 4 is 5.97 Å². The van der Waals surface area contributed by atoms with Crippen LogP contribution in [0.3, 0.4) is 0 Å². The molecule has 0 bridgehead atoms. The van der Waals surface area contributed by atoms with Crippen LogP contribution in [0.5, 0.6) is 0 Å². The van der Waals surface area contributed by atoms with Crippen molar-refractivity contribution in [2.45, 2.75) is 25.7 Å². The van der Waals surface area contributed by atoms with Gasteiger partial charge in [0.25, 0.3) is 0 Å². The minimum absolute atomic E-state index is 0.417. The maximum atomic E-state index is 12.5. The maximum absolute atomic E-state index is 12.5. The molecule has 0 saturated carbocycles. The molecule has 76 valence electrons. The predicted octanol–water partition coefficient (Wildman–Crippen LogP) is 2.19. The Morgan fingerprint density at radius 1 is 1.64 bits per heavy atom. The number of halogens is 1. The average Bonchev–Trinajstić information content (AvgIpc) is 2.15. The van der Waals surface area contributed by atoms with E-state index in [1.54, 1.807) is 0 Å². The Balaban J connectivity index is 2.87. The van der Waals surface area contributed by atoms with E-state index in [0.29, 0.717) is 12.1 Å². The number of hydrogen-bond acceptors (Lipinski definition) is 2. The fourth-order valence-electron chi connectivity index (χ4n) is 1.28. The number of aliphatic carboxylic acids is 1. The number of aromatic nitrogens is 1. The normalized spacial score (nSPS) is 12.4. The molecule has 3 nitrogen and oxygen atoms in total. The van der Waals surface area contributed by atoms with Crippen molar-refractivity contribution in [1.29, 1.82) is 0 Å². The minimum atomic E-state index is -0.911. The van der Waals surface area contributed by atoms with Gasteiger partial charge in [0, 0.05) is 0 Å². The van der Waals surface area contributed by atoms with E-state index >= 15 is 0 Å². The van der Waals surface area contributed by atoms with Crippen LogP contribution < -0.4 is 0 Å². The smallest absolute Gasteiger partial charge is 0.312 e. The SMILES string of the molecule is CCCC(C(=O)O)c1ccc(F)cn1. The molecule has 0 spiro atoms. The first-order valence-corrected chi connectivity index (χ1v) is 4.49. The molecule has 0 aliphatic rings. The largest absolute Gasteiger partial charge is 0.481 e. The molecular formula is C10H12FNO2. The van der Waals surface area contributed by atoms with Gasteiger partial charge >= 0.3 is 5.97 Å². The van der Waals surface area contributed by atoms with Crippen LogP contribution in [-0.2, 0) is 4.79 Å². The van der Waals surface area contributed by atoms with Gasteiger partial charge in [0.1, 0.15) is 5.82 Å². The molecule has 4 heteroatoms. The highest BCUT2D eigenvalue weighted by Gasteiger charge is 2.19. The molecule has 0 fully saturated rings. The van der Waals surface area contributed by atoms with Gasteiger partial charge in [-0.05, 0) is 18.6 Å². The summed E-state index contributed by atoms with van der Waals surface area (Å²) in [6, 6.07) is 2.65. The lowest BCUT2D eigenvalue weighted by atomic mass is 9.99. The Kier molecular flexibility index (Phi) is 3.56. The summed E-state index contributed by atoms with van der Waals surface area (Å²) in [5, 5.41) is 8.89. The van der Waals surface area contributed by atoms with Crippen LogP contribution in [-0.4, -0.2) is 16.1 Å². The number of carboxylic acid groups (broad SMARTS) is 1. The molecule has 0 aromatic carbocycles. The summed E-state index contributed by atoms with van der Waals surface area (Å²) in [7, 11) is 0. The van der Waals surface area contributed by atoms with Gasteiger partial charge in [-0.15, -0.1) is 0 Å². The second kappa shape index (κ2) is 4.69. The lowest BCUT2D eigenvalue weighted by molar-refractivity contribution is -0.139. The average molecular weight is 197 g/mol. The molecule has 1 heterocycles. The molecule has 1 atom stereocenters. The molecule has 0 aliphatic heterocycles. The van der Waals surface area contributed by atoms with Gasteiger partial charge in [0.05, 0.1) is 17.8 Å². The molecule has 1 rings (SSSR count). The zero-order chi connectivity index (χ0) is 10.6. The van der Waals surface area contributed by atoms with E-state index in [0.717, 1.165) is 12.6 Å². The molecule has 1 unspecified atom stereocenters. The van der Waals surface area contributed by atoms with Gasteiger partial charge in [-0.3, -0.25) is 9.78 Å². The van der Waals surface area contributed by atoms with E-state index < -0.39 is 17.7 Å². The van der Waals surface area contributed by atoms with Gasteiger partial charge in [-0.2, -0.15) is 0 Å². The van der Waals surface area contributed by atoms with Crippen molar-refractivity contribution in [1.82, 2.24) is 4.98 Å². The van der Waals surface area contributed by atoms with Crippen molar-refractivity contribution in [2.75, 3.05) is 0 Å². The molecule has 1 aromatic heterocycles. The number of hydrogen-bond donors (Lipinski definition) is 1. The van der Waals surface area contributed by atoms with E-state index in [1.165, 1.54) is 12.1 Å². The highest BCUT2D eigenvalue weighted by atomic mass is 19.1. The summed E-state index contributed by atoms with van der Waals surface area (Å²) in [6.07, 6.45) is 2.32. The van der Waals surface area contributed by atoms with Crippen LogP contribution in [0, 0.1) is 5.82 Å². The third kappa shape index (κ3) is 2.52. The zero-order valence-corrected chi connectivity index (χ0v) is 7.90. The van der Waals surface area contributed by atoms with Crippen molar-refractivity contribution in [3.05, 3.63) is 29.8 Å². The number of carbonyl (C=O) groups is 1. The molecule has 0 saturated heterocycles. The highest BCUT2D eigenvalue weighted by Crippen LogP contribution is 2.19. The number of nitrogens with zero attached hydrogens (tertiary/aromatic N) is 1. The minimum Gasteiger partial charge on any atom is -0.481 e. The van der Waals surface area contributed by atoms with E-state index in [1.807, 2.05) is 6.92 Å². The Labute approximate surface area is 81.6 Å². The highest BCUT2D eigenvalue weighted by molar-refractivity contribution is 5.75. The molecule has 14 heavy (non-hydrogen) atoms. The first kappa shape index (κ1) is 10.6. The van der Waals surface area contributed by atoms with E-state index in [-0.39, 0.29) is 0 Å². The summed E-state index contributed by atoms with van der Waals surface area (Å²) in [6.45, 7) is 1.90. The predicted molar refractivity (Wildman–Crippen MR) is 49.5 cm³/mol. The second-order valence-corrected chi connectivity index (χ2v) is 3.08. The number of carboxylic acids is 1. The molecule has 1 aromatic rings. The Morgan fingerprint density at radius 3 is 2.79 bits per heavy atom. The summed E-state index contributed by atoms with van der Waals surface area (Å²) in [5.74, 6) is -1.99. The third-order valence-electron chi connectivity index (χ3n) is 1.98. The summed E-state index contributed by atoms with van der Waals surface area (Å²) in [4.78, 5) is 14.6. The molecule has 0 radical (unpaired) electrons. The van der Waals surface area contributed by atoms with Gasteiger partial charge in [-0.25, -0.2) is 4.39 Å². The van der Waals surface area contributed by atoms with Crippen LogP contribution in [0.2, 0.25) is 0 Å². The van der Waals surface area contributed by atoms with Crippen LogP contribution >= 0.6 is 0 Å². The Morgan fingerprint density at radius 2 is 2.36 bits per heavy atom. The van der Waals surface area contributed by atoms with E-state index in [9.17, 15) is 9.18 Å². The fraction of sp³-hybridized carbons (Fsp3) is 0.400. The third-order valence-corrected chi connectivity index (χ3v) is 1.98. The quantitative estimate of drug-likeness (QED) is 0.804.